The predicted octanol–water partition coefficient (Wildman–Crippen LogP) is -1.28. The Kier molecular flexibility index (Phi) is 9.56. The van der Waals surface area contributed by atoms with Crippen LogP contribution in [0.3, 0.4) is 0 Å². The van der Waals surface area contributed by atoms with Crippen molar-refractivity contribution in [2.24, 2.45) is 0 Å². The molecule has 82 valence electrons. The summed E-state index contributed by atoms with van der Waals surface area (Å²) in [6, 6.07) is 7.76. The van der Waals surface area contributed by atoms with Gasteiger partial charge in [0.1, 0.15) is 0 Å². The van der Waals surface area contributed by atoms with Crippen LogP contribution in [0, 0.1) is 0 Å². The van der Waals surface area contributed by atoms with Crippen molar-refractivity contribution in [3.05, 3.63) is 35.4 Å². The van der Waals surface area contributed by atoms with Crippen molar-refractivity contribution >= 4 is 5.97 Å². The number of hydrogen-bond donors (Lipinski definition) is 0. The second kappa shape index (κ2) is 9.37. The number of hydrogen-bond acceptors (Lipinski definition) is 2. The van der Waals surface area contributed by atoms with Gasteiger partial charge in [-0.3, -0.25) is 0 Å². The number of rotatable bonds is 6. The minimum Gasteiger partial charge on any atom is -0.550 e. The van der Waals surface area contributed by atoms with Gasteiger partial charge < -0.3 is 9.90 Å². The first-order valence-corrected chi connectivity index (χ1v) is 5.50. The smallest absolute Gasteiger partial charge is 0.550 e. The van der Waals surface area contributed by atoms with Crippen LogP contribution in [-0.2, 0) is 17.6 Å². The van der Waals surface area contributed by atoms with Gasteiger partial charge in [0.15, 0.2) is 0 Å². The zero-order valence-corrected chi connectivity index (χ0v) is 13.3. The van der Waals surface area contributed by atoms with E-state index in [4.69, 9.17) is 0 Å². The number of carbonyl (C=O) groups is 1. The molecular weight excluding hydrogens is 227 g/mol. The van der Waals surface area contributed by atoms with Crippen LogP contribution in [0.2, 0.25) is 0 Å². The van der Waals surface area contributed by atoms with Gasteiger partial charge in [-0.15, -0.1) is 0 Å². The van der Waals surface area contributed by atoms with Crippen molar-refractivity contribution in [3.63, 3.8) is 0 Å². The van der Waals surface area contributed by atoms with E-state index in [0.29, 0.717) is 0 Å². The quantitative estimate of drug-likeness (QED) is 0.462. The third kappa shape index (κ3) is 6.81. The molecule has 0 heterocycles. The summed E-state index contributed by atoms with van der Waals surface area (Å²) < 4.78 is 0. The van der Waals surface area contributed by atoms with E-state index in [1.807, 2.05) is 18.2 Å². The Hall–Kier alpha value is 0.326. The Morgan fingerprint density at radius 3 is 2.56 bits per heavy atom. The van der Waals surface area contributed by atoms with Crippen molar-refractivity contribution in [2.75, 3.05) is 0 Å². The summed E-state index contributed by atoms with van der Waals surface area (Å²) in [7, 11) is 0. The summed E-state index contributed by atoms with van der Waals surface area (Å²) in [5, 5.41) is 10.4. The Morgan fingerprint density at radius 2 is 1.94 bits per heavy atom. The number of carboxylic acid groups (broad SMARTS) is 1. The molecule has 0 aliphatic heterocycles. The molecular formula is C13H17KO2. The molecule has 0 saturated heterocycles. The Labute approximate surface area is 140 Å². The fourth-order valence-electron chi connectivity index (χ4n) is 1.64. The number of aryl methyl sites for hydroxylation is 1. The van der Waals surface area contributed by atoms with E-state index in [1.165, 1.54) is 24.8 Å². The fraction of sp³-hybridized carbons (Fsp3) is 0.462. The number of aliphatic carboxylic acids is 1. The van der Waals surface area contributed by atoms with Gasteiger partial charge in [-0.25, -0.2) is 0 Å². The molecule has 1 rings (SSSR count). The third-order valence-electron chi connectivity index (χ3n) is 2.41. The van der Waals surface area contributed by atoms with Gasteiger partial charge in [-0.05, 0) is 24.0 Å². The van der Waals surface area contributed by atoms with Gasteiger partial charge in [0.25, 0.3) is 0 Å². The molecule has 16 heavy (non-hydrogen) atoms. The average Bonchev–Trinajstić information content (AvgIpc) is 2.18. The summed E-state index contributed by atoms with van der Waals surface area (Å²) in [6.07, 6.45) is 4.66. The van der Waals surface area contributed by atoms with Crippen molar-refractivity contribution in [1.82, 2.24) is 0 Å². The molecule has 0 aliphatic carbocycles. The normalized spacial score (nSPS) is 9.56. The molecule has 1 aromatic rings. The average molecular weight is 244 g/mol. The molecule has 0 aromatic heterocycles. The standard InChI is InChI=1S/C13H18O2.K/c1-2-3-4-6-11-7-5-8-12(9-11)10-13(14)15;/h5,7-9H,2-4,6,10H2,1H3,(H,14,15);/q;+1/p-1. The van der Waals surface area contributed by atoms with E-state index in [2.05, 4.69) is 13.0 Å². The van der Waals surface area contributed by atoms with Gasteiger partial charge in [0.2, 0.25) is 0 Å². The van der Waals surface area contributed by atoms with E-state index in [0.717, 1.165) is 12.0 Å². The molecule has 3 heteroatoms. The molecule has 0 fully saturated rings. The van der Waals surface area contributed by atoms with E-state index in [1.54, 1.807) is 0 Å². The fourth-order valence-corrected chi connectivity index (χ4v) is 1.64. The first-order valence-electron chi connectivity index (χ1n) is 5.50. The molecule has 0 atom stereocenters. The van der Waals surface area contributed by atoms with Crippen LogP contribution >= 0.6 is 0 Å². The molecule has 0 radical (unpaired) electrons. The first-order chi connectivity index (χ1) is 7.22. The predicted molar refractivity (Wildman–Crippen MR) is 58.4 cm³/mol. The van der Waals surface area contributed by atoms with Crippen molar-refractivity contribution in [1.29, 1.82) is 0 Å². The summed E-state index contributed by atoms with van der Waals surface area (Å²) in [4.78, 5) is 10.4. The summed E-state index contributed by atoms with van der Waals surface area (Å²) in [6.45, 7) is 2.17. The zero-order chi connectivity index (χ0) is 11.1. The van der Waals surface area contributed by atoms with E-state index in [9.17, 15) is 9.90 Å². The van der Waals surface area contributed by atoms with Gasteiger partial charge in [0.05, 0.1) is 0 Å². The van der Waals surface area contributed by atoms with Crippen molar-refractivity contribution in [3.8, 4) is 0 Å². The minimum atomic E-state index is -1.01. The number of carbonyl (C=O) groups excluding carboxylic acids is 1. The Balaban J connectivity index is 0.00000225. The maximum absolute atomic E-state index is 10.4. The molecule has 0 N–H and O–H groups in total. The molecule has 0 bridgehead atoms. The van der Waals surface area contributed by atoms with Gasteiger partial charge >= 0.3 is 51.4 Å². The van der Waals surface area contributed by atoms with Crippen LogP contribution in [-0.4, -0.2) is 5.97 Å². The van der Waals surface area contributed by atoms with Crippen LogP contribution in [0.25, 0.3) is 0 Å². The topological polar surface area (TPSA) is 40.1 Å². The molecule has 1 aromatic carbocycles. The van der Waals surface area contributed by atoms with E-state index < -0.39 is 5.97 Å². The largest absolute Gasteiger partial charge is 1.00 e. The van der Waals surface area contributed by atoms with E-state index >= 15 is 0 Å². The second-order valence-electron chi connectivity index (χ2n) is 3.83. The maximum atomic E-state index is 10.4. The summed E-state index contributed by atoms with van der Waals surface area (Å²) in [5.74, 6) is -1.01. The minimum absolute atomic E-state index is 0. The van der Waals surface area contributed by atoms with Crippen molar-refractivity contribution in [2.45, 2.75) is 39.0 Å². The monoisotopic (exact) mass is 244 g/mol. The molecule has 0 amide bonds. The zero-order valence-electron chi connectivity index (χ0n) is 10.2. The van der Waals surface area contributed by atoms with E-state index in [-0.39, 0.29) is 57.8 Å². The second-order valence-corrected chi connectivity index (χ2v) is 3.83. The Morgan fingerprint density at radius 1 is 1.25 bits per heavy atom. The van der Waals surface area contributed by atoms with Gasteiger partial charge in [-0.2, -0.15) is 0 Å². The number of carboxylic acids is 1. The Bertz CT molecular complexity index is 323. The van der Waals surface area contributed by atoms with Crippen LogP contribution in [0.15, 0.2) is 24.3 Å². The maximum Gasteiger partial charge on any atom is 1.00 e. The van der Waals surface area contributed by atoms with Crippen LogP contribution in [0.1, 0.15) is 37.3 Å². The van der Waals surface area contributed by atoms with Crippen LogP contribution in [0.4, 0.5) is 0 Å². The molecule has 0 saturated carbocycles. The number of unbranched alkanes of at least 4 members (excludes halogenated alkanes) is 2. The molecule has 2 nitrogen and oxygen atoms in total. The SMILES string of the molecule is CCCCCc1cccc(CC(=O)[O-])c1.[K+]. The van der Waals surface area contributed by atoms with Crippen LogP contribution < -0.4 is 56.5 Å². The summed E-state index contributed by atoms with van der Waals surface area (Å²) in [5.41, 5.74) is 2.06. The van der Waals surface area contributed by atoms with Gasteiger partial charge in [-0.1, -0.05) is 44.0 Å². The number of benzene rings is 1. The van der Waals surface area contributed by atoms with Gasteiger partial charge in [0, 0.05) is 12.4 Å². The molecule has 0 unspecified atom stereocenters. The first kappa shape index (κ1) is 16.3. The van der Waals surface area contributed by atoms with Crippen LogP contribution in [0.5, 0.6) is 0 Å². The molecule has 0 spiro atoms. The summed E-state index contributed by atoms with van der Waals surface area (Å²) >= 11 is 0. The van der Waals surface area contributed by atoms with Crippen molar-refractivity contribution < 1.29 is 61.3 Å². The molecule has 0 aliphatic rings. The third-order valence-corrected chi connectivity index (χ3v) is 2.41.